The van der Waals surface area contributed by atoms with Gasteiger partial charge in [0.2, 0.25) is 0 Å². The molecule has 1 aromatic carbocycles. The van der Waals surface area contributed by atoms with Crippen molar-refractivity contribution in [3.05, 3.63) is 23.5 Å². The maximum atomic E-state index is 14.0. The topological polar surface area (TPSA) is 53.7 Å². The summed E-state index contributed by atoms with van der Waals surface area (Å²) in [7, 11) is 4.32. The summed E-state index contributed by atoms with van der Waals surface area (Å²) in [6.07, 6.45) is 3.17. The molecule has 2 N–H and O–H groups in total. The molecule has 0 heterocycles. The van der Waals surface area contributed by atoms with Gasteiger partial charge in [-0.1, -0.05) is 12.2 Å². The third-order valence-electron chi connectivity index (χ3n) is 2.25. The lowest BCUT2D eigenvalue weighted by Gasteiger charge is -2.14. The van der Waals surface area contributed by atoms with Crippen molar-refractivity contribution < 1.29 is 18.6 Å². The highest BCUT2D eigenvalue weighted by molar-refractivity contribution is 5.66. The lowest BCUT2D eigenvalue weighted by Crippen LogP contribution is -2.00. The molecule has 0 aliphatic heterocycles. The third-order valence-corrected chi connectivity index (χ3v) is 2.25. The summed E-state index contributed by atoms with van der Waals surface area (Å²) >= 11 is 0. The molecule has 1 aromatic rings. The SMILES string of the molecule is COc1cc(OC)c(OC)c(/C=C/CN)c1F. The van der Waals surface area contributed by atoms with Gasteiger partial charge >= 0.3 is 0 Å². The van der Waals surface area contributed by atoms with Crippen molar-refractivity contribution in [3.63, 3.8) is 0 Å². The van der Waals surface area contributed by atoms with E-state index in [2.05, 4.69) is 0 Å². The second-order valence-electron chi connectivity index (χ2n) is 3.18. The second kappa shape index (κ2) is 6.10. The van der Waals surface area contributed by atoms with E-state index in [1.165, 1.54) is 27.4 Å². The Labute approximate surface area is 99.8 Å². The van der Waals surface area contributed by atoms with Crippen molar-refractivity contribution in [3.8, 4) is 17.2 Å². The summed E-state index contributed by atoms with van der Waals surface area (Å²) in [6, 6.07) is 1.44. The Hall–Kier alpha value is -1.75. The molecule has 17 heavy (non-hydrogen) atoms. The molecule has 0 aliphatic rings. The molecule has 0 spiro atoms. The van der Waals surface area contributed by atoms with Gasteiger partial charge in [-0.3, -0.25) is 0 Å². The zero-order valence-electron chi connectivity index (χ0n) is 10.1. The lowest BCUT2D eigenvalue weighted by molar-refractivity contribution is 0.338. The molecule has 0 radical (unpaired) electrons. The van der Waals surface area contributed by atoms with E-state index >= 15 is 0 Å². The monoisotopic (exact) mass is 241 g/mol. The number of halogens is 1. The fourth-order valence-electron chi connectivity index (χ4n) is 1.46. The van der Waals surface area contributed by atoms with E-state index in [0.29, 0.717) is 18.0 Å². The van der Waals surface area contributed by atoms with Crippen LogP contribution in [0.4, 0.5) is 4.39 Å². The Morgan fingerprint density at radius 2 is 1.82 bits per heavy atom. The molecule has 4 nitrogen and oxygen atoms in total. The van der Waals surface area contributed by atoms with Crippen LogP contribution in [0.5, 0.6) is 17.2 Å². The van der Waals surface area contributed by atoms with E-state index < -0.39 is 5.82 Å². The minimum Gasteiger partial charge on any atom is -0.494 e. The summed E-state index contributed by atoms with van der Waals surface area (Å²) in [5.74, 6) is 0.312. The van der Waals surface area contributed by atoms with E-state index in [9.17, 15) is 4.39 Å². The first kappa shape index (κ1) is 13.3. The summed E-state index contributed by atoms with van der Waals surface area (Å²) in [4.78, 5) is 0. The quantitative estimate of drug-likeness (QED) is 0.854. The van der Waals surface area contributed by atoms with Crippen LogP contribution in [0.25, 0.3) is 6.08 Å². The van der Waals surface area contributed by atoms with E-state index in [1.54, 1.807) is 12.2 Å². The molecule has 0 atom stereocenters. The predicted octanol–water partition coefficient (Wildman–Crippen LogP) is 1.82. The maximum absolute atomic E-state index is 14.0. The van der Waals surface area contributed by atoms with Crippen LogP contribution in [0, 0.1) is 5.82 Å². The Bertz CT molecular complexity index is 419. The second-order valence-corrected chi connectivity index (χ2v) is 3.18. The van der Waals surface area contributed by atoms with E-state index in [4.69, 9.17) is 19.9 Å². The Morgan fingerprint density at radius 1 is 1.18 bits per heavy atom. The fraction of sp³-hybridized carbons (Fsp3) is 0.333. The fourth-order valence-corrected chi connectivity index (χ4v) is 1.46. The van der Waals surface area contributed by atoms with Gasteiger partial charge in [-0.2, -0.15) is 0 Å². The Morgan fingerprint density at radius 3 is 2.29 bits per heavy atom. The van der Waals surface area contributed by atoms with Crippen molar-refractivity contribution in [2.75, 3.05) is 27.9 Å². The van der Waals surface area contributed by atoms with Crippen molar-refractivity contribution in [2.24, 2.45) is 5.73 Å². The largest absolute Gasteiger partial charge is 0.494 e. The molecular formula is C12H16FNO3. The number of methoxy groups -OCH3 is 3. The van der Waals surface area contributed by atoms with Crippen LogP contribution in [0.2, 0.25) is 0 Å². The summed E-state index contributed by atoms with van der Waals surface area (Å²) in [6.45, 7) is 0.308. The Balaban J connectivity index is 3.44. The molecule has 0 fully saturated rings. The van der Waals surface area contributed by atoms with Crippen molar-refractivity contribution in [1.82, 2.24) is 0 Å². The first-order chi connectivity index (χ1) is 8.19. The van der Waals surface area contributed by atoms with E-state index in [-0.39, 0.29) is 11.3 Å². The lowest BCUT2D eigenvalue weighted by atomic mass is 10.1. The molecule has 0 unspecified atom stereocenters. The van der Waals surface area contributed by atoms with Gasteiger partial charge in [0.1, 0.15) is 0 Å². The van der Waals surface area contributed by atoms with Crippen LogP contribution < -0.4 is 19.9 Å². The first-order valence-corrected chi connectivity index (χ1v) is 5.04. The van der Waals surface area contributed by atoms with Gasteiger partial charge in [0.25, 0.3) is 0 Å². The molecule has 0 saturated heterocycles. The highest BCUT2D eigenvalue weighted by Gasteiger charge is 2.18. The smallest absolute Gasteiger partial charge is 0.176 e. The van der Waals surface area contributed by atoms with Gasteiger partial charge in [-0.25, -0.2) is 4.39 Å². The predicted molar refractivity (Wildman–Crippen MR) is 64.1 cm³/mol. The number of nitrogens with two attached hydrogens (primary N) is 1. The van der Waals surface area contributed by atoms with Crippen LogP contribution in [0.15, 0.2) is 12.1 Å². The van der Waals surface area contributed by atoms with Gasteiger partial charge in [0, 0.05) is 12.6 Å². The zero-order valence-corrected chi connectivity index (χ0v) is 10.1. The maximum Gasteiger partial charge on any atom is 0.176 e. The normalized spacial score (nSPS) is 10.6. The van der Waals surface area contributed by atoms with Crippen molar-refractivity contribution in [2.45, 2.75) is 0 Å². The summed E-state index contributed by atoms with van der Waals surface area (Å²) in [5.41, 5.74) is 5.60. The molecule has 5 heteroatoms. The minimum atomic E-state index is -0.505. The van der Waals surface area contributed by atoms with Crippen molar-refractivity contribution in [1.29, 1.82) is 0 Å². The molecule has 1 rings (SSSR count). The number of benzene rings is 1. The third kappa shape index (κ3) is 2.68. The van der Waals surface area contributed by atoms with Crippen LogP contribution in [0.1, 0.15) is 5.56 Å². The molecule has 0 aliphatic carbocycles. The van der Waals surface area contributed by atoms with Crippen LogP contribution in [-0.4, -0.2) is 27.9 Å². The summed E-state index contributed by atoms with van der Waals surface area (Å²) in [5, 5.41) is 0. The van der Waals surface area contributed by atoms with Gasteiger partial charge in [0.05, 0.1) is 26.9 Å². The number of hydrogen-bond donors (Lipinski definition) is 1. The van der Waals surface area contributed by atoms with Gasteiger partial charge < -0.3 is 19.9 Å². The number of ether oxygens (including phenoxy) is 3. The van der Waals surface area contributed by atoms with Crippen LogP contribution in [-0.2, 0) is 0 Å². The molecule has 0 aromatic heterocycles. The minimum absolute atomic E-state index is 0.0966. The molecule has 94 valence electrons. The first-order valence-electron chi connectivity index (χ1n) is 5.04. The number of hydrogen-bond acceptors (Lipinski definition) is 4. The highest BCUT2D eigenvalue weighted by atomic mass is 19.1. The highest BCUT2D eigenvalue weighted by Crippen LogP contribution is 2.39. The van der Waals surface area contributed by atoms with Crippen LogP contribution in [0.3, 0.4) is 0 Å². The zero-order chi connectivity index (χ0) is 12.8. The Kier molecular flexibility index (Phi) is 4.78. The number of rotatable bonds is 5. The standard InChI is InChI=1S/C12H16FNO3/c1-15-9-7-10(16-2)12(17-3)8(11(9)13)5-4-6-14/h4-5,7H,6,14H2,1-3H3/b5-4+. The summed E-state index contributed by atoms with van der Waals surface area (Å²) < 4.78 is 29.2. The average molecular weight is 241 g/mol. The van der Waals surface area contributed by atoms with Crippen LogP contribution >= 0.6 is 0 Å². The molecule has 0 bridgehead atoms. The van der Waals surface area contributed by atoms with Crippen molar-refractivity contribution >= 4 is 6.08 Å². The van der Waals surface area contributed by atoms with Gasteiger partial charge in [-0.15, -0.1) is 0 Å². The molecule has 0 saturated carbocycles. The van der Waals surface area contributed by atoms with E-state index in [0.717, 1.165) is 0 Å². The average Bonchev–Trinajstić information content (AvgIpc) is 2.36. The van der Waals surface area contributed by atoms with Gasteiger partial charge in [0.15, 0.2) is 23.1 Å². The molecular weight excluding hydrogens is 225 g/mol. The molecule has 0 amide bonds. The van der Waals surface area contributed by atoms with Gasteiger partial charge in [-0.05, 0) is 0 Å². The van der Waals surface area contributed by atoms with E-state index in [1.807, 2.05) is 0 Å².